The lowest BCUT2D eigenvalue weighted by molar-refractivity contribution is -0.113. The van der Waals surface area contributed by atoms with Crippen LogP contribution >= 0.6 is 23.1 Å². The van der Waals surface area contributed by atoms with Crippen molar-refractivity contribution >= 4 is 55.9 Å². The van der Waals surface area contributed by atoms with E-state index in [0.29, 0.717) is 11.4 Å². The van der Waals surface area contributed by atoms with E-state index in [0.717, 1.165) is 25.6 Å². The van der Waals surface area contributed by atoms with Crippen molar-refractivity contribution in [2.45, 2.75) is 24.2 Å². The average molecular weight is 384 g/mol. The number of benzene rings is 1. The standard InChI is InChI=1S/C18H17N5OS2/c1-11(2)23-17-12(8-20-23)7-13(9-19-17)21-16(24)10-25-18-22-14-5-3-4-6-15(14)26-18/h3-9,11H,10H2,1-2H3,(H,21,24). The lowest BCUT2D eigenvalue weighted by Crippen LogP contribution is -2.14. The van der Waals surface area contributed by atoms with E-state index in [1.807, 2.05) is 35.0 Å². The molecule has 6 nitrogen and oxygen atoms in total. The van der Waals surface area contributed by atoms with Crippen LogP contribution in [0.3, 0.4) is 0 Å². The summed E-state index contributed by atoms with van der Waals surface area (Å²) in [6.07, 6.45) is 3.44. The van der Waals surface area contributed by atoms with E-state index in [4.69, 9.17) is 0 Å². The van der Waals surface area contributed by atoms with Gasteiger partial charge < -0.3 is 5.32 Å². The fourth-order valence-corrected chi connectivity index (χ4v) is 4.49. The molecule has 0 radical (unpaired) electrons. The quantitative estimate of drug-likeness (QED) is 0.519. The molecule has 0 atom stereocenters. The first kappa shape index (κ1) is 17.0. The highest BCUT2D eigenvalue weighted by molar-refractivity contribution is 8.01. The predicted molar refractivity (Wildman–Crippen MR) is 107 cm³/mol. The maximum atomic E-state index is 12.2. The third-order valence-electron chi connectivity index (χ3n) is 3.81. The smallest absolute Gasteiger partial charge is 0.234 e. The number of aromatic nitrogens is 4. The number of carbonyl (C=O) groups excluding carboxylic acids is 1. The Kier molecular flexibility index (Phi) is 4.60. The number of carbonyl (C=O) groups is 1. The van der Waals surface area contributed by atoms with Gasteiger partial charge in [-0.25, -0.2) is 14.6 Å². The second-order valence-corrected chi connectivity index (χ2v) is 8.36. The second kappa shape index (κ2) is 7.05. The molecule has 0 saturated carbocycles. The van der Waals surface area contributed by atoms with Gasteiger partial charge in [0.2, 0.25) is 5.91 Å². The number of anilines is 1. The van der Waals surface area contributed by atoms with Crippen molar-refractivity contribution in [2.24, 2.45) is 0 Å². The van der Waals surface area contributed by atoms with E-state index in [-0.39, 0.29) is 11.9 Å². The fraction of sp³-hybridized carbons (Fsp3) is 0.222. The van der Waals surface area contributed by atoms with Crippen LogP contribution in [-0.2, 0) is 4.79 Å². The van der Waals surface area contributed by atoms with Gasteiger partial charge in [0.1, 0.15) is 0 Å². The van der Waals surface area contributed by atoms with Crippen LogP contribution < -0.4 is 5.32 Å². The van der Waals surface area contributed by atoms with Gasteiger partial charge in [-0.1, -0.05) is 23.9 Å². The van der Waals surface area contributed by atoms with Crippen LogP contribution in [0, 0.1) is 0 Å². The number of rotatable bonds is 5. The van der Waals surface area contributed by atoms with E-state index in [1.54, 1.807) is 23.7 Å². The Morgan fingerprint density at radius 2 is 2.15 bits per heavy atom. The van der Waals surface area contributed by atoms with Gasteiger partial charge in [-0.2, -0.15) is 5.10 Å². The molecule has 0 bridgehead atoms. The minimum Gasteiger partial charge on any atom is -0.324 e. The average Bonchev–Trinajstić information content (AvgIpc) is 3.23. The summed E-state index contributed by atoms with van der Waals surface area (Å²) in [7, 11) is 0. The van der Waals surface area contributed by atoms with E-state index < -0.39 is 0 Å². The number of nitrogens with zero attached hydrogens (tertiary/aromatic N) is 4. The zero-order chi connectivity index (χ0) is 18.1. The highest BCUT2D eigenvalue weighted by Crippen LogP contribution is 2.29. The number of hydrogen-bond donors (Lipinski definition) is 1. The third kappa shape index (κ3) is 3.42. The molecule has 0 fully saturated rings. The van der Waals surface area contributed by atoms with Crippen LogP contribution in [0.25, 0.3) is 21.3 Å². The molecular formula is C18H17N5OS2. The van der Waals surface area contributed by atoms with E-state index in [9.17, 15) is 4.79 Å². The number of para-hydroxylation sites is 1. The maximum absolute atomic E-state index is 12.2. The SMILES string of the molecule is CC(C)n1ncc2cc(NC(=O)CSc3nc4ccccc4s3)cnc21. The third-order valence-corrected chi connectivity index (χ3v) is 5.99. The molecule has 1 aromatic carbocycles. The Hall–Kier alpha value is -2.45. The minimum atomic E-state index is -0.0772. The molecule has 3 aromatic heterocycles. The zero-order valence-corrected chi connectivity index (χ0v) is 16.0. The molecule has 0 aliphatic rings. The molecule has 3 heterocycles. The summed E-state index contributed by atoms with van der Waals surface area (Å²) < 4.78 is 3.89. The highest BCUT2D eigenvalue weighted by Gasteiger charge is 2.11. The van der Waals surface area contributed by atoms with Gasteiger partial charge in [0.25, 0.3) is 0 Å². The lowest BCUT2D eigenvalue weighted by Gasteiger charge is -2.07. The van der Waals surface area contributed by atoms with E-state index >= 15 is 0 Å². The van der Waals surface area contributed by atoms with Crippen LogP contribution in [-0.4, -0.2) is 31.4 Å². The Balaban J connectivity index is 1.42. The zero-order valence-electron chi connectivity index (χ0n) is 14.3. The fourth-order valence-electron chi connectivity index (χ4n) is 2.62. The Morgan fingerprint density at radius 3 is 2.96 bits per heavy atom. The molecule has 4 rings (SSSR count). The molecule has 1 N–H and O–H groups in total. The van der Waals surface area contributed by atoms with Crippen molar-refractivity contribution in [3.8, 4) is 0 Å². The van der Waals surface area contributed by atoms with Crippen LogP contribution in [0.2, 0.25) is 0 Å². The van der Waals surface area contributed by atoms with Crippen LogP contribution in [0.1, 0.15) is 19.9 Å². The van der Waals surface area contributed by atoms with Gasteiger partial charge in [0, 0.05) is 11.4 Å². The number of nitrogens with one attached hydrogen (secondary N) is 1. The number of thioether (sulfide) groups is 1. The molecule has 4 aromatic rings. The van der Waals surface area contributed by atoms with Crippen LogP contribution in [0.5, 0.6) is 0 Å². The molecule has 8 heteroatoms. The van der Waals surface area contributed by atoms with E-state index in [1.165, 1.54) is 11.8 Å². The van der Waals surface area contributed by atoms with Crippen molar-refractivity contribution in [3.05, 3.63) is 42.7 Å². The van der Waals surface area contributed by atoms with Gasteiger partial charge >= 0.3 is 0 Å². The number of pyridine rings is 1. The molecule has 132 valence electrons. The first-order valence-electron chi connectivity index (χ1n) is 8.21. The Labute approximate surface area is 158 Å². The molecule has 1 amide bonds. The van der Waals surface area contributed by atoms with Gasteiger partial charge in [0.15, 0.2) is 9.99 Å². The summed E-state index contributed by atoms with van der Waals surface area (Å²) in [5, 5.41) is 8.15. The summed E-state index contributed by atoms with van der Waals surface area (Å²) in [6.45, 7) is 4.12. The topological polar surface area (TPSA) is 72.7 Å². The Bertz CT molecular complexity index is 1050. The van der Waals surface area contributed by atoms with Gasteiger partial charge in [0.05, 0.1) is 34.1 Å². The first-order chi connectivity index (χ1) is 12.6. The predicted octanol–water partition coefficient (Wildman–Crippen LogP) is 4.35. The number of hydrogen-bond acceptors (Lipinski definition) is 6. The van der Waals surface area contributed by atoms with Gasteiger partial charge in [-0.15, -0.1) is 11.3 Å². The molecular weight excluding hydrogens is 366 g/mol. The van der Waals surface area contributed by atoms with Gasteiger partial charge in [-0.05, 0) is 32.0 Å². The van der Waals surface area contributed by atoms with Crippen LogP contribution in [0.15, 0.2) is 47.1 Å². The lowest BCUT2D eigenvalue weighted by atomic mass is 10.3. The minimum absolute atomic E-state index is 0.0772. The summed E-state index contributed by atoms with van der Waals surface area (Å²) in [5.41, 5.74) is 2.47. The molecule has 0 aliphatic carbocycles. The van der Waals surface area contributed by atoms with Crippen LogP contribution in [0.4, 0.5) is 5.69 Å². The number of thiazole rings is 1. The molecule has 0 unspecified atom stereocenters. The largest absolute Gasteiger partial charge is 0.324 e. The van der Waals surface area contributed by atoms with Crippen molar-refractivity contribution in [1.82, 2.24) is 19.7 Å². The summed E-state index contributed by atoms with van der Waals surface area (Å²) in [5.74, 6) is 0.231. The normalized spacial score (nSPS) is 11.5. The summed E-state index contributed by atoms with van der Waals surface area (Å²) in [4.78, 5) is 21.2. The van der Waals surface area contributed by atoms with E-state index in [2.05, 4.69) is 34.2 Å². The first-order valence-corrected chi connectivity index (χ1v) is 10.0. The number of fused-ring (bicyclic) bond motifs is 2. The second-order valence-electron chi connectivity index (χ2n) is 6.10. The molecule has 0 aliphatic heterocycles. The van der Waals surface area contributed by atoms with Crippen molar-refractivity contribution in [1.29, 1.82) is 0 Å². The summed E-state index contributed by atoms with van der Waals surface area (Å²) in [6, 6.07) is 10.1. The van der Waals surface area contributed by atoms with Crippen molar-refractivity contribution in [2.75, 3.05) is 11.1 Å². The number of amides is 1. The van der Waals surface area contributed by atoms with Gasteiger partial charge in [-0.3, -0.25) is 4.79 Å². The summed E-state index contributed by atoms with van der Waals surface area (Å²) >= 11 is 3.04. The highest BCUT2D eigenvalue weighted by atomic mass is 32.2. The molecule has 0 saturated heterocycles. The molecule has 0 spiro atoms. The van der Waals surface area contributed by atoms with Crippen molar-refractivity contribution < 1.29 is 4.79 Å². The van der Waals surface area contributed by atoms with Crippen molar-refractivity contribution in [3.63, 3.8) is 0 Å². The maximum Gasteiger partial charge on any atom is 0.234 e. The Morgan fingerprint density at radius 1 is 1.31 bits per heavy atom. The molecule has 26 heavy (non-hydrogen) atoms. The monoisotopic (exact) mass is 383 g/mol.